The molecule has 23 heavy (non-hydrogen) atoms. The predicted molar refractivity (Wildman–Crippen MR) is 90.9 cm³/mol. The number of ether oxygens (including phenoxy) is 1. The minimum Gasteiger partial charge on any atom is -0.383 e. The highest BCUT2D eigenvalue weighted by Gasteiger charge is 2.30. The lowest BCUT2D eigenvalue weighted by Crippen LogP contribution is -2.41. The van der Waals surface area contributed by atoms with Crippen molar-refractivity contribution in [2.45, 2.75) is 32.4 Å². The number of hydrogen-bond acceptors (Lipinski definition) is 4. The van der Waals surface area contributed by atoms with E-state index in [1.165, 1.54) is 10.4 Å². The highest BCUT2D eigenvalue weighted by Crippen LogP contribution is 2.35. The Morgan fingerprint density at radius 3 is 3.22 bits per heavy atom. The summed E-state index contributed by atoms with van der Waals surface area (Å²) in [5, 5.41) is 9.31. The van der Waals surface area contributed by atoms with Gasteiger partial charge >= 0.3 is 6.03 Å². The highest BCUT2D eigenvalue weighted by molar-refractivity contribution is 7.10. The number of hydrogen-bond donors (Lipinski definition) is 1. The molecule has 1 atom stereocenters. The van der Waals surface area contributed by atoms with Gasteiger partial charge in [0, 0.05) is 24.7 Å². The van der Waals surface area contributed by atoms with Crippen LogP contribution in [0.4, 0.5) is 10.5 Å². The van der Waals surface area contributed by atoms with Gasteiger partial charge < -0.3 is 15.0 Å². The molecule has 3 rings (SSSR count). The van der Waals surface area contributed by atoms with Crippen molar-refractivity contribution in [2.75, 3.05) is 25.6 Å². The molecule has 7 heteroatoms. The van der Waals surface area contributed by atoms with Crippen molar-refractivity contribution < 1.29 is 9.53 Å². The second kappa shape index (κ2) is 7.14. The van der Waals surface area contributed by atoms with Gasteiger partial charge in [-0.1, -0.05) is 6.92 Å². The first-order chi connectivity index (χ1) is 11.2. The number of aromatic nitrogens is 2. The molecule has 3 heterocycles. The highest BCUT2D eigenvalue weighted by atomic mass is 32.1. The quantitative estimate of drug-likeness (QED) is 0.914. The molecule has 124 valence electrons. The van der Waals surface area contributed by atoms with Crippen molar-refractivity contribution in [3.8, 4) is 0 Å². The monoisotopic (exact) mass is 334 g/mol. The van der Waals surface area contributed by atoms with Gasteiger partial charge in [0.05, 0.1) is 31.1 Å². The first kappa shape index (κ1) is 16.0. The van der Waals surface area contributed by atoms with Gasteiger partial charge in [-0.05, 0) is 29.9 Å². The number of thiophene rings is 1. The molecule has 2 amide bonds. The molecule has 0 bridgehead atoms. The van der Waals surface area contributed by atoms with Gasteiger partial charge in [0.25, 0.3) is 0 Å². The van der Waals surface area contributed by atoms with E-state index in [2.05, 4.69) is 28.8 Å². The lowest BCUT2D eigenvalue weighted by atomic mass is 9.98. The van der Waals surface area contributed by atoms with Gasteiger partial charge in [-0.2, -0.15) is 5.10 Å². The van der Waals surface area contributed by atoms with Crippen molar-refractivity contribution in [3.63, 3.8) is 0 Å². The molecule has 0 radical (unpaired) electrons. The van der Waals surface area contributed by atoms with Gasteiger partial charge in [0.1, 0.15) is 0 Å². The van der Waals surface area contributed by atoms with E-state index in [1.807, 2.05) is 11.1 Å². The molecule has 1 aliphatic rings. The van der Waals surface area contributed by atoms with Crippen molar-refractivity contribution in [3.05, 3.63) is 34.3 Å². The van der Waals surface area contributed by atoms with Crippen LogP contribution >= 0.6 is 11.3 Å². The zero-order valence-electron chi connectivity index (χ0n) is 13.5. The third kappa shape index (κ3) is 3.40. The average Bonchev–Trinajstić information content (AvgIpc) is 3.20. The van der Waals surface area contributed by atoms with Crippen molar-refractivity contribution >= 4 is 23.1 Å². The summed E-state index contributed by atoms with van der Waals surface area (Å²) >= 11 is 1.79. The number of methoxy groups -OCH3 is 1. The van der Waals surface area contributed by atoms with E-state index in [0.717, 1.165) is 25.1 Å². The van der Waals surface area contributed by atoms with Crippen molar-refractivity contribution in [1.29, 1.82) is 0 Å². The zero-order chi connectivity index (χ0) is 16.2. The van der Waals surface area contributed by atoms with Gasteiger partial charge in [-0.15, -0.1) is 11.3 Å². The zero-order valence-corrected chi connectivity index (χ0v) is 14.3. The molecule has 0 fully saturated rings. The SMILES string of the molecule is CC[C@@H]1c2ccsc2CCN1C(=O)Nc1cnn(CCOC)c1. The fourth-order valence-corrected chi connectivity index (χ4v) is 3.94. The van der Waals surface area contributed by atoms with Crippen LogP contribution in [0.5, 0.6) is 0 Å². The van der Waals surface area contributed by atoms with Crippen LogP contribution in [0.2, 0.25) is 0 Å². The Balaban J connectivity index is 1.67. The minimum atomic E-state index is -0.0556. The first-order valence-electron chi connectivity index (χ1n) is 7.88. The molecule has 1 aliphatic heterocycles. The van der Waals surface area contributed by atoms with E-state index in [9.17, 15) is 4.79 Å². The minimum absolute atomic E-state index is 0.0556. The van der Waals surface area contributed by atoms with Crippen molar-refractivity contribution in [1.82, 2.24) is 14.7 Å². The smallest absolute Gasteiger partial charge is 0.322 e. The van der Waals surface area contributed by atoms with Crippen LogP contribution in [0.3, 0.4) is 0 Å². The van der Waals surface area contributed by atoms with E-state index in [-0.39, 0.29) is 12.1 Å². The average molecular weight is 334 g/mol. The summed E-state index contributed by atoms with van der Waals surface area (Å²) in [5.41, 5.74) is 2.02. The molecule has 0 saturated heterocycles. The Morgan fingerprint density at radius 2 is 2.43 bits per heavy atom. The lowest BCUT2D eigenvalue weighted by Gasteiger charge is -2.35. The second-order valence-electron chi connectivity index (χ2n) is 5.58. The predicted octanol–water partition coefficient (Wildman–Crippen LogP) is 3.13. The van der Waals surface area contributed by atoms with Crippen molar-refractivity contribution in [2.24, 2.45) is 0 Å². The number of fused-ring (bicyclic) bond motifs is 1. The number of amides is 2. The van der Waals surface area contributed by atoms with Crippen LogP contribution in [0.15, 0.2) is 23.8 Å². The molecule has 0 unspecified atom stereocenters. The number of carbonyl (C=O) groups is 1. The van der Waals surface area contributed by atoms with E-state index in [4.69, 9.17) is 4.74 Å². The van der Waals surface area contributed by atoms with Crippen LogP contribution in [0.25, 0.3) is 0 Å². The number of rotatable bonds is 5. The summed E-state index contributed by atoms with van der Waals surface area (Å²) in [5.74, 6) is 0. The largest absolute Gasteiger partial charge is 0.383 e. The summed E-state index contributed by atoms with van der Waals surface area (Å²) in [4.78, 5) is 16.0. The first-order valence-corrected chi connectivity index (χ1v) is 8.76. The summed E-state index contributed by atoms with van der Waals surface area (Å²) in [6, 6.07) is 2.25. The van der Waals surface area contributed by atoms with Gasteiger partial charge in [0.15, 0.2) is 0 Å². The maximum atomic E-state index is 12.6. The van der Waals surface area contributed by atoms with Crippen LogP contribution in [-0.4, -0.2) is 41.0 Å². The van der Waals surface area contributed by atoms with E-state index >= 15 is 0 Å². The van der Waals surface area contributed by atoms with E-state index < -0.39 is 0 Å². The normalized spacial score (nSPS) is 17.1. The van der Waals surface area contributed by atoms with Gasteiger partial charge in [-0.25, -0.2) is 4.79 Å². The molecule has 2 aromatic rings. The Labute approximate surface area is 140 Å². The molecular weight excluding hydrogens is 312 g/mol. The van der Waals surface area contributed by atoms with Gasteiger partial charge in [-0.3, -0.25) is 4.68 Å². The van der Waals surface area contributed by atoms with Crippen LogP contribution in [0.1, 0.15) is 29.8 Å². The Kier molecular flexibility index (Phi) is 4.97. The molecular formula is C16H22N4O2S. The standard InChI is InChI=1S/C16H22N4O2S/c1-3-14-13-5-9-23-15(13)4-6-20(14)16(21)18-12-10-17-19(11-12)7-8-22-2/h5,9-11,14H,3-4,6-8H2,1-2H3,(H,18,21)/t14-/m1/s1. The maximum Gasteiger partial charge on any atom is 0.322 e. The molecule has 0 spiro atoms. The second-order valence-corrected chi connectivity index (χ2v) is 6.58. The summed E-state index contributed by atoms with van der Waals surface area (Å²) in [6.45, 7) is 4.15. The number of carbonyl (C=O) groups excluding carboxylic acids is 1. The lowest BCUT2D eigenvalue weighted by molar-refractivity contribution is 0.181. The summed E-state index contributed by atoms with van der Waals surface area (Å²) in [6.07, 6.45) is 5.36. The Morgan fingerprint density at radius 1 is 1.57 bits per heavy atom. The van der Waals surface area contributed by atoms with E-state index in [0.29, 0.717) is 13.2 Å². The molecule has 0 aromatic carbocycles. The molecule has 1 N–H and O–H groups in total. The molecule has 0 aliphatic carbocycles. The number of nitrogens with one attached hydrogen (secondary N) is 1. The Bertz CT molecular complexity index is 667. The molecule has 2 aromatic heterocycles. The summed E-state index contributed by atoms with van der Waals surface area (Å²) in [7, 11) is 1.66. The maximum absolute atomic E-state index is 12.6. The van der Waals surface area contributed by atoms with Crippen LogP contribution in [-0.2, 0) is 17.7 Å². The fourth-order valence-electron chi connectivity index (χ4n) is 3.01. The third-order valence-corrected chi connectivity index (χ3v) is 5.15. The fraction of sp³-hybridized carbons (Fsp3) is 0.500. The van der Waals surface area contributed by atoms with Crippen LogP contribution in [0, 0.1) is 0 Å². The molecule has 6 nitrogen and oxygen atoms in total. The van der Waals surface area contributed by atoms with E-state index in [1.54, 1.807) is 29.3 Å². The topological polar surface area (TPSA) is 59.4 Å². The van der Waals surface area contributed by atoms with Gasteiger partial charge in [0.2, 0.25) is 0 Å². The number of urea groups is 1. The molecule has 0 saturated carbocycles. The number of anilines is 1. The summed E-state index contributed by atoms with van der Waals surface area (Å²) < 4.78 is 6.80. The Hall–Kier alpha value is -1.86. The third-order valence-electron chi connectivity index (χ3n) is 4.15. The number of nitrogens with zero attached hydrogens (tertiary/aromatic N) is 3. The van der Waals surface area contributed by atoms with Crippen LogP contribution < -0.4 is 5.32 Å².